The maximum absolute atomic E-state index is 11.4. The summed E-state index contributed by atoms with van der Waals surface area (Å²) in [7, 11) is -5.30. The molecule has 1 unspecified atom stereocenters. The van der Waals surface area contributed by atoms with E-state index in [0.717, 1.165) is 6.33 Å². The number of nitrogen functional groups attached to an aromatic ring is 1. The standard InChI is InChI=1S/C10H15N5O9P2S/c11-8-5-9(13-2-12-8)15(3-14-5)10-7(17)6(16)4(23-10)1-22-25(18,19)24-26(20,21)27/h2-4,6-7,10,16-17H,1H2,(H,18,19)(H2,11,12,13)(H2,20,21,27)/p-3/t4-,6-,7-,10-/m1/s1. The van der Waals surface area contributed by atoms with Gasteiger partial charge in [-0.25, -0.2) is 15.0 Å². The number of imidazole rings is 1. The summed E-state index contributed by atoms with van der Waals surface area (Å²) in [5, 5.41) is 20.3. The Morgan fingerprint density at radius 2 is 2.00 bits per heavy atom. The Hall–Kier alpha value is -1.09. The van der Waals surface area contributed by atoms with Crippen LogP contribution in [0.15, 0.2) is 12.7 Å². The molecular formula is C10H12N5O9P2S-3. The number of anilines is 1. The number of nitrogens with zero attached hydrogens (tertiary/aromatic N) is 4. The number of hydrogen-bond donors (Lipinski definition) is 3. The first-order valence-electron chi connectivity index (χ1n) is 7.12. The molecule has 1 aliphatic rings. The molecule has 1 saturated heterocycles. The van der Waals surface area contributed by atoms with Crippen LogP contribution in [-0.2, 0) is 29.9 Å². The van der Waals surface area contributed by atoms with Crippen molar-refractivity contribution in [1.82, 2.24) is 19.5 Å². The number of phosphoric ester groups is 1. The smallest absolute Gasteiger partial charge is 0.269 e. The van der Waals surface area contributed by atoms with Crippen molar-refractivity contribution in [3.63, 3.8) is 0 Å². The molecule has 3 rings (SSSR count). The summed E-state index contributed by atoms with van der Waals surface area (Å²) in [6.07, 6.45) is -3.23. The highest BCUT2D eigenvalue weighted by atomic mass is 32.5. The van der Waals surface area contributed by atoms with Gasteiger partial charge in [-0.3, -0.25) is 9.13 Å². The summed E-state index contributed by atoms with van der Waals surface area (Å²) in [6, 6.07) is 0. The molecular weight excluding hydrogens is 428 g/mol. The van der Waals surface area contributed by atoms with Crippen molar-refractivity contribution in [1.29, 1.82) is 0 Å². The van der Waals surface area contributed by atoms with Crippen LogP contribution >= 0.6 is 14.5 Å². The van der Waals surface area contributed by atoms with Gasteiger partial charge in [0.15, 0.2) is 17.7 Å². The number of fused-ring (bicyclic) bond motifs is 1. The maximum Gasteiger partial charge on any atom is 0.269 e. The van der Waals surface area contributed by atoms with Crippen molar-refractivity contribution >= 4 is 43.3 Å². The molecule has 3 heterocycles. The van der Waals surface area contributed by atoms with Gasteiger partial charge in [0, 0.05) is 0 Å². The van der Waals surface area contributed by atoms with Crippen molar-refractivity contribution in [2.24, 2.45) is 0 Å². The predicted molar refractivity (Wildman–Crippen MR) is 84.6 cm³/mol. The molecule has 14 nitrogen and oxygen atoms in total. The third kappa shape index (κ3) is 4.50. The second-order valence-corrected chi connectivity index (χ2v) is 9.44. The topological polar surface area (TPSA) is 224 Å². The minimum Gasteiger partial charge on any atom is -0.812 e. The molecule has 27 heavy (non-hydrogen) atoms. The molecule has 2 aromatic heterocycles. The van der Waals surface area contributed by atoms with Crippen LogP contribution in [0.5, 0.6) is 0 Å². The van der Waals surface area contributed by atoms with Gasteiger partial charge in [-0.2, -0.15) is 0 Å². The number of aliphatic hydroxyl groups is 2. The van der Waals surface area contributed by atoms with Gasteiger partial charge >= 0.3 is 0 Å². The molecule has 0 bridgehead atoms. The fourth-order valence-electron chi connectivity index (χ4n) is 2.46. The Kier molecular flexibility index (Phi) is 5.65. The molecule has 4 N–H and O–H groups in total. The van der Waals surface area contributed by atoms with E-state index in [0.29, 0.717) is 0 Å². The van der Waals surface area contributed by atoms with Gasteiger partial charge in [-0.1, -0.05) is 6.72 Å². The summed E-state index contributed by atoms with van der Waals surface area (Å²) in [5.41, 5.74) is 6.11. The maximum atomic E-state index is 11.4. The van der Waals surface area contributed by atoms with Gasteiger partial charge < -0.3 is 44.2 Å². The number of rotatable bonds is 6. The quantitative estimate of drug-likeness (QED) is 0.370. The first-order chi connectivity index (χ1) is 12.5. The third-order valence-corrected chi connectivity index (χ3v) is 6.26. The molecule has 1 aliphatic heterocycles. The van der Waals surface area contributed by atoms with Crippen LogP contribution in [-0.4, -0.2) is 54.7 Å². The summed E-state index contributed by atoms with van der Waals surface area (Å²) in [6.45, 7) is -5.86. The molecule has 5 atom stereocenters. The number of phosphoric acid groups is 1. The number of hydrogen-bond acceptors (Lipinski definition) is 14. The second kappa shape index (κ2) is 7.39. The van der Waals surface area contributed by atoms with Crippen molar-refractivity contribution in [2.75, 3.05) is 12.3 Å². The predicted octanol–water partition coefficient (Wildman–Crippen LogP) is -3.53. The molecule has 0 aromatic carbocycles. The van der Waals surface area contributed by atoms with E-state index in [2.05, 4.69) is 35.6 Å². The molecule has 150 valence electrons. The van der Waals surface area contributed by atoms with E-state index in [1.165, 1.54) is 10.9 Å². The van der Waals surface area contributed by atoms with Gasteiger partial charge in [0.25, 0.3) is 7.82 Å². The summed E-state index contributed by atoms with van der Waals surface area (Å²) in [4.78, 5) is 44.6. The van der Waals surface area contributed by atoms with Gasteiger partial charge in [0.1, 0.15) is 30.2 Å². The number of nitrogens with two attached hydrogens (primary N) is 1. The van der Waals surface area contributed by atoms with Crippen molar-refractivity contribution in [3.05, 3.63) is 12.7 Å². The lowest BCUT2D eigenvalue weighted by atomic mass is 10.1. The van der Waals surface area contributed by atoms with E-state index in [1.807, 2.05) is 0 Å². The molecule has 17 heteroatoms. The van der Waals surface area contributed by atoms with E-state index in [1.54, 1.807) is 0 Å². The van der Waals surface area contributed by atoms with Crippen LogP contribution in [0.2, 0.25) is 0 Å². The lowest BCUT2D eigenvalue weighted by Crippen LogP contribution is -2.34. The monoisotopic (exact) mass is 440 g/mol. The zero-order valence-electron chi connectivity index (χ0n) is 13.1. The van der Waals surface area contributed by atoms with E-state index < -0.39 is 45.7 Å². The highest BCUT2D eigenvalue weighted by molar-refractivity contribution is 8.06. The van der Waals surface area contributed by atoms with Crippen LogP contribution in [0.4, 0.5) is 5.82 Å². The number of aromatic nitrogens is 4. The lowest BCUT2D eigenvalue weighted by Gasteiger charge is -2.39. The van der Waals surface area contributed by atoms with Crippen LogP contribution in [0, 0.1) is 0 Å². The van der Waals surface area contributed by atoms with Crippen molar-refractivity contribution in [3.8, 4) is 0 Å². The van der Waals surface area contributed by atoms with Gasteiger partial charge in [-0.05, 0) is 0 Å². The zero-order chi connectivity index (χ0) is 20.0. The van der Waals surface area contributed by atoms with Crippen molar-refractivity contribution < 1.29 is 43.0 Å². The van der Waals surface area contributed by atoms with Gasteiger partial charge in [0.05, 0.1) is 12.9 Å². The summed E-state index contributed by atoms with van der Waals surface area (Å²) in [5.74, 6) is 0.0852. The summed E-state index contributed by atoms with van der Waals surface area (Å²) >= 11 is 3.82. The number of aliphatic hydroxyl groups excluding tert-OH is 2. The molecule has 0 spiro atoms. The van der Waals surface area contributed by atoms with Crippen LogP contribution in [0.3, 0.4) is 0 Å². The summed E-state index contributed by atoms with van der Waals surface area (Å²) < 4.78 is 26.1. The number of ether oxygens (including phenoxy) is 1. The first kappa shape index (κ1) is 20.6. The van der Waals surface area contributed by atoms with E-state index in [9.17, 15) is 29.5 Å². The van der Waals surface area contributed by atoms with E-state index in [-0.39, 0.29) is 17.0 Å². The highest BCUT2D eigenvalue weighted by Crippen LogP contribution is 2.51. The minimum atomic E-state index is -5.30. The average molecular weight is 440 g/mol. The van der Waals surface area contributed by atoms with Crippen LogP contribution in [0.25, 0.3) is 11.2 Å². The largest absolute Gasteiger partial charge is 0.812 e. The Bertz CT molecular complexity index is 937. The molecule has 0 aliphatic carbocycles. The first-order valence-corrected chi connectivity index (χ1v) is 11.1. The minimum absolute atomic E-state index is 0.0852. The van der Waals surface area contributed by atoms with E-state index >= 15 is 0 Å². The third-order valence-electron chi connectivity index (χ3n) is 3.60. The zero-order valence-corrected chi connectivity index (χ0v) is 15.7. The Morgan fingerprint density at radius 1 is 1.30 bits per heavy atom. The molecule has 2 aromatic rings. The molecule has 0 amide bonds. The fraction of sp³-hybridized carbons (Fsp3) is 0.500. The van der Waals surface area contributed by atoms with E-state index in [4.69, 9.17) is 10.5 Å². The van der Waals surface area contributed by atoms with Crippen LogP contribution in [0.1, 0.15) is 6.23 Å². The fourth-order valence-corrected chi connectivity index (χ4v) is 4.70. The Morgan fingerprint density at radius 3 is 2.67 bits per heavy atom. The van der Waals surface area contributed by atoms with Crippen LogP contribution < -0.4 is 20.4 Å². The highest BCUT2D eigenvalue weighted by Gasteiger charge is 2.44. The Labute approximate surface area is 156 Å². The molecule has 0 radical (unpaired) electrons. The molecule has 0 saturated carbocycles. The second-order valence-electron chi connectivity index (χ2n) is 5.40. The SMILES string of the molecule is Nc1ncnc2c1ncn2[C@@H]1O[C@H](COP(=O)([O-])OP([O-])([O-])=S)[C@@H](O)[C@H]1O. The normalized spacial score (nSPS) is 28.5. The lowest BCUT2D eigenvalue weighted by molar-refractivity contribution is -0.320. The van der Waals surface area contributed by atoms with Gasteiger partial charge in [0.2, 0.25) is 0 Å². The van der Waals surface area contributed by atoms with Gasteiger partial charge in [-0.15, -0.1) is 11.8 Å². The average Bonchev–Trinajstić information content (AvgIpc) is 3.07. The van der Waals surface area contributed by atoms with Crippen molar-refractivity contribution in [2.45, 2.75) is 24.5 Å². The molecule has 1 fully saturated rings. The Balaban J connectivity index is 1.75.